The average Bonchev–Trinajstić information content (AvgIpc) is 3.26. The Morgan fingerprint density at radius 1 is 1.17 bits per heavy atom. The summed E-state index contributed by atoms with van der Waals surface area (Å²) in [4.78, 5) is 30.5. The molecule has 0 saturated carbocycles. The number of thiazole rings is 1. The van der Waals surface area contributed by atoms with E-state index < -0.39 is 0 Å². The first-order valence-corrected chi connectivity index (χ1v) is 10.2. The highest BCUT2D eigenvalue weighted by Gasteiger charge is 2.20. The minimum absolute atomic E-state index is 0.0777. The average molecular weight is 423 g/mol. The van der Waals surface area contributed by atoms with Crippen LogP contribution in [0.2, 0.25) is 0 Å². The molecule has 30 heavy (non-hydrogen) atoms. The number of nitrogens with zero attached hydrogens (tertiary/aromatic N) is 2. The van der Waals surface area contributed by atoms with Gasteiger partial charge in [-0.2, -0.15) is 0 Å². The predicted molar refractivity (Wildman–Crippen MR) is 119 cm³/mol. The Balaban J connectivity index is 1.75. The number of hydrogen-bond donors (Lipinski definition) is 0. The molecule has 154 valence electrons. The monoisotopic (exact) mass is 422 g/mol. The van der Waals surface area contributed by atoms with Crippen LogP contribution in [0, 0.1) is 0 Å². The van der Waals surface area contributed by atoms with E-state index in [4.69, 9.17) is 9.47 Å². The maximum atomic E-state index is 12.9. The van der Waals surface area contributed by atoms with E-state index in [0.717, 1.165) is 11.3 Å². The summed E-state index contributed by atoms with van der Waals surface area (Å²) in [6.45, 7) is 5.32. The van der Waals surface area contributed by atoms with Gasteiger partial charge in [0.15, 0.2) is 29.0 Å². The highest BCUT2D eigenvalue weighted by atomic mass is 32.1. The molecule has 0 fully saturated rings. The number of ether oxygens (including phenoxy) is 2. The van der Waals surface area contributed by atoms with Gasteiger partial charge in [0.2, 0.25) is 0 Å². The molecule has 0 bridgehead atoms. The Morgan fingerprint density at radius 2 is 1.93 bits per heavy atom. The summed E-state index contributed by atoms with van der Waals surface area (Å²) in [5, 5.41) is 2.49. The lowest BCUT2D eigenvalue weighted by atomic mass is 10.1. The molecular weight excluding hydrogens is 400 g/mol. The summed E-state index contributed by atoms with van der Waals surface area (Å²) in [6, 6.07) is 14.6. The number of aromatic nitrogens is 1. The Labute approximate surface area is 179 Å². The molecule has 3 rings (SSSR count). The van der Waals surface area contributed by atoms with Crippen LogP contribution in [0.1, 0.15) is 17.3 Å². The van der Waals surface area contributed by atoms with Crippen LogP contribution in [0.3, 0.4) is 0 Å². The third-order valence-corrected chi connectivity index (χ3v) is 5.19. The lowest BCUT2D eigenvalue weighted by molar-refractivity contribution is -0.120. The van der Waals surface area contributed by atoms with Gasteiger partial charge in [-0.05, 0) is 25.1 Å². The molecule has 0 aliphatic rings. The van der Waals surface area contributed by atoms with E-state index in [1.165, 1.54) is 30.3 Å². The molecule has 0 atom stereocenters. The predicted octanol–water partition coefficient (Wildman–Crippen LogP) is 4.62. The smallest absolute Gasteiger partial charge is 0.266 e. The fraction of sp³-hybridized carbons (Fsp3) is 0.174. The highest BCUT2D eigenvalue weighted by Crippen LogP contribution is 2.30. The van der Waals surface area contributed by atoms with Crippen LogP contribution in [-0.4, -0.2) is 36.9 Å². The van der Waals surface area contributed by atoms with Crippen molar-refractivity contribution in [2.45, 2.75) is 6.92 Å². The van der Waals surface area contributed by atoms with Gasteiger partial charge in [-0.15, -0.1) is 17.9 Å². The first kappa shape index (κ1) is 21.3. The number of carbonyl (C=O) groups is 2. The van der Waals surface area contributed by atoms with Crippen molar-refractivity contribution < 1.29 is 19.1 Å². The molecule has 0 aliphatic carbocycles. The molecule has 7 heteroatoms. The molecule has 2 aromatic carbocycles. The van der Waals surface area contributed by atoms with Gasteiger partial charge < -0.3 is 9.47 Å². The third-order valence-electron chi connectivity index (χ3n) is 4.33. The van der Waals surface area contributed by atoms with Crippen molar-refractivity contribution in [2.75, 3.05) is 25.2 Å². The second-order valence-corrected chi connectivity index (χ2v) is 7.22. The number of amides is 1. The topological polar surface area (TPSA) is 68.7 Å². The summed E-state index contributed by atoms with van der Waals surface area (Å²) in [5.74, 6) is 0.442. The maximum Gasteiger partial charge on any atom is 0.266 e. The van der Waals surface area contributed by atoms with Gasteiger partial charge in [-0.1, -0.05) is 36.4 Å². The Bertz CT molecular complexity index is 1050. The number of Topliss-reactive ketones (excluding diaryl/α,β-unsaturated/α-hetero) is 1. The van der Waals surface area contributed by atoms with Crippen molar-refractivity contribution in [3.63, 3.8) is 0 Å². The number of methoxy groups -OCH3 is 1. The van der Waals surface area contributed by atoms with Gasteiger partial charge in [0.25, 0.3) is 5.91 Å². The largest absolute Gasteiger partial charge is 0.493 e. The molecule has 0 aliphatic heterocycles. The number of rotatable bonds is 9. The molecule has 3 aromatic rings. The first-order chi connectivity index (χ1) is 14.5. The quantitative estimate of drug-likeness (QED) is 0.372. The second kappa shape index (κ2) is 9.84. The summed E-state index contributed by atoms with van der Waals surface area (Å²) in [5.41, 5.74) is 2.30. The van der Waals surface area contributed by atoms with E-state index in [2.05, 4.69) is 11.6 Å². The van der Waals surface area contributed by atoms with Crippen LogP contribution in [-0.2, 0) is 4.79 Å². The van der Waals surface area contributed by atoms with E-state index in [-0.39, 0.29) is 18.3 Å². The van der Waals surface area contributed by atoms with Crippen molar-refractivity contribution >= 4 is 28.2 Å². The summed E-state index contributed by atoms with van der Waals surface area (Å²) < 4.78 is 11.0. The van der Waals surface area contributed by atoms with Gasteiger partial charge in [0.1, 0.15) is 0 Å². The van der Waals surface area contributed by atoms with Gasteiger partial charge in [0.05, 0.1) is 12.8 Å². The standard InChI is InChI=1S/C23H22N2O4S/c1-4-12-25(23-24-19(15-30-23)17-8-6-5-7-9-17)22(27)14-29-20-11-10-18(16(2)26)13-21(20)28-3/h4-11,13,15H,1,12,14H2,2-3H3. The second-order valence-electron chi connectivity index (χ2n) is 6.38. The number of hydrogen-bond acceptors (Lipinski definition) is 6. The lowest BCUT2D eigenvalue weighted by Crippen LogP contribution is -2.35. The van der Waals surface area contributed by atoms with Gasteiger partial charge in [-0.25, -0.2) is 4.98 Å². The number of anilines is 1. The van der Waals surface area contributed by atoms with Crippen molar-refractivity contribution in [1.82, 2.24) is 4.98 Å². The van der Waals surface area contributed by atoms with Crippen molar-refractivity contribution in [3.8, 4) is 22.8 Å². The Kier molecular flexibility index (Phi) is 6.98. The van der Waals surface area contributed by atoms with Gasteiger partial charge in [0, 0.05) is 23.1 Å². The number of ketones is 1. The SMILES string of the molecule is C=CCN(C(=O)COc1ccc(C(C)=O)cc1OC)c1nc(-c2ccccc2)cs1. The van der Waals surface area contributed by atoms with Crippen LogP contribution >= 0.6 is 11.3 Å². The van der Waals surface area contributed by atoms with Crippen LogP contribution < -0.4 is 14.4 Å². The fourth-order valence-electron chi connectivity index (χ4n) is 2.77. The zero-order chi connectivity index (χ0) is 21.5. The molecule has 1 amide bonds. The minimum Gasteiger partial charge on any atom is -0.493 e. The first-order valence-electron chi connectivity index (χ1n) is 9.27. The van der Waals surface area contributed by atoms with Crippen molar-refractivity contribution in [2.24, 2.45) is 0 Å². The molecule has 6 nitrogen and oxygen atoms in total. The van der Waals surface area contributed by atoms with E-state index in [1.54, 1.807) is 24.3 Å². The Morgan fingerprint density at radius 3 is 2.60 bits per heavy atom. The van der Waals surface area contributed by atoms with Crippen molar-refractivity contribution in [1.29, 1.82) is 0 Å². The molecule has 0 N–H and O–H groups in total. The van der Waals surface area contributed by atoms with Crippen molar-refractivity contribution in [3.05, 3.63) is 72.1 Å². The molecule has 0 saturated heterocycles. The molecule has 0 spiro atoms. The van der Waals surface area contributed by atoms with E-state index in [0.29, 0.717) is 28.7 Å². The molecule has 1 aromatic heterocycles. The zero-order valence-electron chi connectivity index (χ0n) is 16.8. The lowest BCUT2D eigenvalue weighted by Gasteiger charge is -2.19. The zero-order valence-corrected chi connectivity index (χ0v) is 17.6. The maximum absolute atomic E-state index is 12.9. The summed E-state index contributed by atoms with van der Waals surface area (Å²) in [7, 11) is 1.48. The number of carbonyl (C=O) groups excluding carboxylic acids is 2. The molecule has 0 radical (unpaired) electrons. The molecule has 1 heterocycles. The van der Waals surface area contributed by atoms with Crippen LogP contribution in [0.25, 0.3) is 11.3 Å². The van der Waals surface area contributed by atoms with Gasteiger partial charge in [-0.3, -0.25) is 14.5 Å². The highest BCUT2D eigenvalue weighted by molar-refractivity contribution is 7.14. The molecular formula is C23H22N2O4S. The fourth-order valence-corrected chi connectivity index (χ4v) is 3.63. The van der Waals surface area contributed by atoms with E-state index in [1.807, 2.05) is 35.7 Å². The third kappa shape index (κ3) is 4.93. The number of benzene rings is 2. The summed E-state index contributed by atoms with van der Waals surface area (Å²) in [6.07, 6.45) is 1.64. The van der Waals surface area contributed by atoms with E-state index >= 15 is 0 Å². The van der Waals surface area contributed by atoms with Crippen LogP contribution in [0.5, 0.6) is 11.5 Å². The van der Waals surface area contributed by atoms with E-state index in [9.17, 15) is 9.59 Å². The van der Waals surface area contributed by atoms with Crippen LogP contribution in [0.15, 0.2) is 66.6 Å². The molecule has 0 unspecified atom stereocenters. The van der Waals surface area contributed by atoms with Gasteiger partial charge >= 0.3 is 0 Å². The minimum atomic E-state index is -0.262. The Hall–Kier alpha value is -3.45. The normalized spacial score (nSPS) is 10.3. The summed E-state index contributed by atoms with van der Waals surface area (Å²) >= 11 is 1.38. The van der Waals surface area contributed by atoms with Crippen LogP contribution in [0.4, 0.5) is 5.13 Å².